The lowest BCUT2D eigenvalue weighted by atomic mass is 10.0. The lowest BCUT2D eigenvalue weighted by Gasteiger charge is -2.10. The molecule has 0 heterocycles. The van der Waals surface area contributed by atoms with E-state index in [1.807, 2.05) is 13.8 Å². The Labute approximate surface area is 100 Å². The summed E-state index contributed by atoms with van der Waals surface area (Å²) in [5, 5.41) is 5.67. The Morgan fingerprint density at radius 2 is 1.62 bits per heavy atom. The van der Waals surface area contributed by atoms with Gasteiger partial charge in [0.25, 0.3) is 0 Å². The van der Waals surface area contributed by atoms with Crippen LogP contribution in [-0.4, -0.2) is 18.6 Å². The van der Waals surface area contributed by atoms with Crippen molar-refractivity contribution in [1.82, 2.24) is 10.6 Å². The molecule has 0 rings (SSSR count). The first-order chi connectivity index (χ1) is 7.52. The van der Waals surface area contributed by atoms with Gasteiger partial charge in [-0.1, -0.05) is 39.5 Å². The minimum atomic E-state index is -0.0443. The second kappa shape index (κ2) is 9.49. The standard InChI is InChI=1S/C13H28N2O/c1-11(2)9-7-5-6-8-10-14-13(16)15-12(3)4/h11-12H,5-10H2,1-4H3,(H2,14,15,16). The van der Waals surface area contributed by atoms with Crippen molar-refractivity contribution in [2.24, 2.45) is 5.92 Å². The molecule has 16 heavy (non-hydrogen) atoms. The molecule has 0 aliphatic carbocycles. The average Bonchev–Trinajstić information content (AvgIpc) is 2.14. The molecule has 0 aliphatic heterocycles. The molecule has 0 fully saturated rings. The van der Waals surface area contributed by atoms with Crippen LogP contribution in [0.1, 0.15) is 59.8 Å². The summed E-state index contributed by atoms with van der Waals surface area (Å²) in [5.41, 5.74) is 0. The van der Waals surface area contributed by atoms with Gasteiger partial charge >= 0.3 is 6.03 Å². The first kappa shape index (κ1) is 15.3. The van der Waals surface area contributed by atoms with Crippen molar-refractivity contribution in [3.63, 3.8) is 0 Å². The number of urea groups is 1. The molecule has 0 unspecified atom stereocenters. The first-order valence-corrected chi connectivity index (χ1v) is 6.56. The van der Waals surface area contributed by atoms with Crippen LogP contribution >= 0.6 is 0 Å². The van der Waals surface area contributed by atoms with E-state index >= 15 is 0 Å². The zero-order valence-electron chi connectivity index (χ0n) is 11.3. The van der Waals surface area contributed by atoms with Gasteiger partial charge in [-0.3, -0.25) is 0 Å². The van der Waals surface area contributed by atoms with E-state index in [-0.39, 0.29) is 12.1 Å². The monoisotopic (exact) mass is 228 g/mol. The molecule has 0 aromatic heterocycles. The highest BCUT2D eigenvalue weighted by molar-refractivity contribution is 5.73. The SMILES string of the molecule is CC(C)CCCCCCNC(=O)NC(C)C. The van der Waals surface area contributed by atoms with E-state index in [9.17, 15) is 4.79 Å². The topological polar surface area (TPSA) is 41.1 Å². The van der Waals surface area contributed by atoms with E-state index in [1.165, 1.54) is 25.7 Å². The molecule has 0 atom stereocenters. The van der Waals surface area contributed by atoms with Crippen LogP contribution in [0.3, 0.4) is 0 Å². The Morgan fingerprint density at radius 1 is 1.00 bits per heavy atom. The van der Waals surface area contributed by atoms with Gasteiger partial charge in [-0.15, -0.1) is 0 Å². The van der Waals surface area contributed by atoms with Crippen LogP contribution < -0.4 is 10.6 Å². The van der Waals surface area contributed by atoms with Gasteiger partial charge in [0.1, 0.15) is 0 Å². The number of unbranched alkanes of at least 4 members (excludes halogenated alkanes) is 3. The Hall–Kier alpha value is -0.730. The lowest BCUT2D eigenvalue weighted by Crippen LogP contribution is -2.39. The average molecular weight is 228 g/mol. The number of carbonyl (C=O) groups is 1. The third-order valence-corrected chi connectivity index (χ3v) is 2.41. The molecular weight excluding hydrogens is 200 g/mol. The van der Waals surface area contributed by atoms with Crippen LogP contribution in [0, 0.1) is 5.92 Å². The Balaban J connectivity index is 3.18. The Kier molecular flexibility index (Phi) is 9.06. The van der Waals surface area contributed by atoms with Crippen LogP contribution in [0.25, 0.3) is 0 Å². The van der Waals surface area contributed by atoms with E-state index in [2.05, 4.69) is 24.5 Å². The fraction of sp³-hybridized carbons (Fsp3) is 0.923. The Morgan fingerprint density at radius 3 is 2.19 bits per heavy atom. The number of nitrogens with one attached hydrogen (secondary N) is 2. The maximum absolute atomic E-state index is 11.2. The number of amides is 2. The van der Waals surface area contributed by atoms with Gasteiger partial charge in [0.05, 0.1) is 0 Å². The molecule has 0 aliphatic rings. The maximum Gasteiger partial charge on any atom is 0.314 e. The minimum Gasteiger partial charge on any atom is -0.338 e. The third-order valence-electron chi connectivity index (χ3n) is 2.41. The van der Waals surface area contributed by atoms with Crippen molar-refractivity contribution in [1.29, 1.82) is 0 Å². The Bertz CT molecular complexity index is 179. The van der Waals surface area contributed by atoms with Gasteiger partial charge in [0, 0.05) is 12.6 Å². The van der Waals surface area contributed by atoms with Crippen LogP contribution in [0.2, 0.25) is 0 Å². The van der Waals surface area contributed by atoms with Gasteiger partial charge < -0.3 is 10.6 Å². The molecule has 0 aromatic rings. The summed E-state index contributed by atoms with van der Waals surface area (Å²) in [4.78, 5) is 11.2. The zero-order valence-corrected chi connectivity index (χ0v) is 11.3. The predicted octanol–water partition coefficient (Wildman–Crippen LogP) is 3.30. The van der Waals surface area contributed by atoms with Crippen molar-refractivity contribution >= 4 is 6.03 Å². The van der Waals surface area contributed by atoms with Gasteiger partial charge in [-0.05, 0) is 26.2 Å². The lowest BCUT2D eigenvalue weighted by molar-refractivity contribution is 0.238. The molecule has 2 N–H and O–H groups in total. The summed E-state index contributed by atoms with van der Waals surface area (Å²) < 4.78 is 0. The van der Waals surface area contributed by atoms with Gasteiger partial charge in [0.2, 0.25) is 0 Å². The van der Waals surface area contributed by atoms with E-state index in [4.69, 9.17) is 0 Å². The normalized spacial score (nSPS) is 10.9. The van der Waals surface area contributed by atoms with Gasteiger partial charge in [0.15, 0.2) is 0 Å². The molecule has 96 valence electrons. The van der Waals surface area contributed by atoms with Crippen LogP contribution in [0.4, 0.5) is 4.79 Å². The molecular formula is C13H28N2O. The summed E-state index contributed by atoms with van der Waals surface area (Å²) in [5.74, 6) is 0.815. The van der Waals surface area contributed by atoms with Crippen molar-refractivity contribution < 1.29 is 4.79 Å². The molecule has 0 aromatic carbocycles. The minimum absolute atomic E-state index is 0.0443. The molecule has 0 spiro atoms. The highest BCUT2D eigenvalue weighted by Gasteiger charge is 2.00. The van der Waals surface area contributed by atoms with Crippen LogP contribution in [0.5, 0.6) is 0 Å². The van der Waals surface area contributed by atoms with Crippen LogP contribution in [0.15, 0.2) is 0 Å². The molecule has 0 radical (unpaired) electrons. The fourth-order valence-electron chi connectivity index (χ4n) is 1.55. The molecule has 3 nitrogen and oxygen atoms in total. The highest BCUT2D eigenvalue weighted by atomic mass is 16.2. The molecule has 2 amide bonds. The van der Waals surface area contributed by atoms with E-state index in [0.717, 1.165) is 18.9 Å². The van der Waals surface area contributed by atoms with Crippen LogP contribution in [-0.2, 0) is 0 Å². The second-order valence-corrected chi connectivity index (χ2v) is 5.15. The summed E-state index contributed by atoms with van der Waals surface area (Å²) in [6.45, 7) is 9.24. The number of rotatable bonds is 8. The van der Waals surface area contributed by atoms with Gasteiger partial charge in [-0.25, -0.2) is 4.79 Å². The highest BCUT2D eigenvalue weighted by Crippen LogP contribution is 2.08. The van der Waals surface area contributed by atoms with Gasteiger partial charge in [-0.2, -0.15) is 0 Å². The third kappa shape index (κ3) is 11.3. The molecule has 3 heteroatoms. The van der Waals surface area contributed by atoms with Crippen molar-refractivity contribution in [3.8, 4) is 0 Å². The summed E-state index contributed by atoms with van der Waals surface area (Å²) in [7, 11) is 0. The zero-order chi connectivity index (χ0) is 12.4. The summed E-state index contributed by atoms with van der Waals surface area (Å²) >= 11 is 0. The molecule has 0 saturated heterocycles. The number of carbonyl (C=O) groups excluding carboxylic acids is 1. The fourth-order valence-corrected chi connectivity index (χ4v) is 1.55. The number of hydrogen-bond acceptors (Lipinski definition) is 1. The van der Waals surface area contributed by atoms with Crippen molar-refractivity contribution in [3.05, 3.63) is 0 Å². The number of hydrogen-bond donors (Lipinski definition) is 2. The summed E-state index contributed by atoms with van der Waals surface area (Å²) in [6.07, 6.45) is 6.22. The van der Waals surface area contributed by atoms with E-state index in [0.29, 0.717) is 0 Å². The predicted molar refractivity (Wildman–Crippen MR) is 69.6 cm³/mol. The molecule has 0 saturated carbocycles. The smallest absolute Gasteiger partial charge is 0.314 e. The second-order valence-electron chi connectivity index (χ2n) is 5.15. The van der Waals surface area contributed by atoms with Crippen molar-refractivity contribution in [2.45, 2.75) is 65.8 Å². The summed E-state index contributed by atoms with van der Waals surface area (Å²) in [6, 6.07) is 0.170. The maximum atomic E-state index is 11.2. The largest absolute Gasteiger partial charge is 0.338 e. The van der Waals surface area contributed by atoms with Crippen molar-refractivity contribution in [2.75, 3.05) is 6.54 Å². The molecule has 0 bridgehead atoms. The first-order valence-electron chi connectivity index (χ1n) is 6.56. The quantitative estimate of drug-likeness (QED) is 0.615. The van der Waals surface area contributed by atoms with E-state index in [1.54, 1.807) is 0 Å². The van der Waals surface area contributed by atoms with E-state index < -0.39 is 0 Å².